The molecule has 0 rings (SSSR count). The van der Waals surface area contributed by atoms with Gasteiger partial charge in [0.2, 0.25) is 0 Å². The van der Waals surface area contributed by atoms with Crippen LogP contribution in [0.3, 0.4) is 0 Å². The minimum Gasteiger partial charge on any atom is -0.199 e. The molecule has 0 aliphatic carbocycles. The van der Waals surface area contributed by atoms with Crippen molar-refractivity contribution in [1.29, 1.82) is 0 Å². The summed E-state index contributed by atoms with van der Waals surface area (Å²) >= 11 is 5.46. The van der Waals surface area contributed by atoms with E-state index in [2.05, 4.69) is 4.72 Å². The molecule has 0 saturated heterocycles. The van der Waals surface area contributed by atoms with Gasteiger partial charge in [0.15, 0.2) is 0 Å². The van der Waals surface area contributed by atoms with Crippen molar-refractivity contribution in [2.45, 2.75) is 19.4 Å². The van der Waals surface area contributed by atoms with Crippen LogP contribution in [0.2, 0.25) is 0 Å². The zero-order valence-electron chi connectivity index (χ0n) is 7.54. The van der Waals surface area contributed by atoms with Gasteiger partial charge in [-0.2, -0.15) is 17.4 Å². The lowest BCUT2D eigenvalue weighted by Gasteiger charge is -2.16. The summed E-state index contributed by atoms with van der Waals surface area (Å²) in [7, 11) is -0.331. The molecule has 6 heteroatoms. The van der Waals surface area contributed by atoms with Gasteiger partial charge in [-0.3, -0.25) is 0 Å². The third-order valence-corrected chi connectivity index (χ3v) is 3.25. The van der Waals surface area contributed by atoms with E-state index in [4.69, 9.17) is 11.6 Å². The Morgan fingerprint density at radius 1 is 1.50 bits per heavy atom. The van der Waals surface area contributed by atoms with Crippen LogP contribution in [0.25, 0.3) is 0 Å². The number of hydrogen-bond donors (Lipinski definition) is 1. The van der Waals surface area contributed by atoms with Crippen molar-refractivity contribution in [1.82, 2.24) is 9.03 Å². The first kappa shape index (κ1) is 12.2. The second-order valence-corrected chi connectivity index (χ2v) is 5.08. The fraction of sp³-hybridized carbons (Fsp3) is 1.00. The van der Waals surface area contributed by atoms with Gasteiger partial charge in [0.05, 0.1) is 0 Å². The van der Waals surface area contributed by atoms with Gasteiger partial charge in [-0.1, -0.05) is 0 Å². The Kier molecular flexibility index (Phi) is 5.08. The highest BCUT2D eigenvalue weighted by molar-refractivity contribution is 7.87. The second kappa shape index (κ2) is 5.01. The average Bonchev–Trinajstić information content (AvgIpc) is 1.85. The predicted octanol–water partition coefficient (Wildman–Crippen LogP) is 0.400. The van der Waals surface area contributed by atoms with Crippen LogP contribution < -0.4 is 4.72 Å². The quantitative estimate of drug-likeness (QED) is 0.674. The maximum atomic E-state index is 11.2. The molecule has 0 aromatic rings. The lowest BCUT2D eigenvalue weighted by Crippen LogP contribution is -2.40. The van der Waals surface area contributed by atoms with Crippen LogP contribution >= 0.6 is 11.6 Å². The molecule has 0 heterocycles. The van der Waals surface area contributed by atoms with Crippen LogP contribution in [-0.2, 0) is 10.2 Å². The van der Waals surface area contributed by atoms with E-state index in [1.807, 2.05) is 0 Å². The second-order valence-electron chi connectivity index (χ2n) is 2.78. The summed E-state index contributed by atoms with van der Waals surface area (Å²) in [4.78, 5) is 0. The van der Waals surface area contributed by atoms with Crippen LogP contribution in [0, 0.1) is 0 Å². The Morgan fingerprint density at radius 2 is 2.00 bits per heavy atom. The highest BCUT2D eigenvalue weighted by atomic mass is 35.5. The Bertz CT molecular complexity index is 216. The summed E-state index contributed by atoms with van der Waals surface area (Å²) in [5.41, 5.74) is 0. The maximum absolute atomic E-state index is 11.2. The topological polar surface area (TPSA) is 49.4 Å². The molecule has 0 fully saturated rings. The highest BCUT2D eigenvalue weighted by Crippen LogP contribution is 1.97. The standard InChI is InChI=1S/C6H15ClN2O2S/c1-6(4-5-7)8-12(10,11)9(2)3/h6,8H,4-5H2,1-3H3. The van der Waals surface area contributed by atoms with E-state index in [1.165, 1.54) is 14.1 Å². The molecular weight excluding hydrogens is 200 g/mol. The molecule has 0 amide bonds. The Hall–Kier alpha value is 0.160. The van der Waals surface area contributed by atoms with Crippen molar-refractivity contribution in [3.8, 4) is 0 Å². The monoisotopic (exact) mass is 214 g/mol. The molecule has 12 heavy (non-hydrogen) atoms. The zero-order valence-corrected chi connectivity index (χ0v) is 9.11. The van der Waals surface area contributed by atoms with E-state index < -0.39 is 10.2 Å². The van der Waals surface area contributed by atoms with Crippen molar-refractivity contribution < 1.29 is 8.42 Å². The van der Waals surface area contributed by atoms with E-state index in [0.29, 0.717) is 12.3 Å². The molecule has 0 saturated carbocycles. The molecule has 1 N–H and O–H groups in total. The largest absolute Gasteiger partial charge is 0.279 e. The van der Waals surface area contributed by atoms with Crippen molar-refractivity contribution in [3.63, 3.8) is 0 Å². The molecule has 1 atom stereocenters. The first-order chi connectivity index (χ1) is 5.40. The first-order valence-corrected chi connectivity index (χ1v) is 5.63. The van der Waals surface area contributed by atoms with Crippen LogP contribution in [0.5, 0.6) is 0 Å². The number of rotatable bonds is 5. The smallest absolute Gasteiger partial charge is 0.199 e. The van der Waals surface area contributed by atoms with Gasteiger partial charge in [0.25, 0.3) is 10.2 Å². The minimum atomic E-state index is -3.29. The van der Waals surface area contributed by atoms with E-state index in [1.54, 1.807) is 6.92 Å². The summed E-state index contributed by atoms with van der Waals surface area (Å²) < 4.78 is 26.0. The normalized spacial score (nSPS) is 15.1. The molecule has 1 unspecified atom stereocenters. The summed E-state index contributed by atoms with van der Waals surface area (Å²) in [5, 5.41) is 0. The highest BCUT2D eigenvalue weighted by Gasteiger charge is 2.15. The molecule has 0 spiro atoms. The van der Waals surface area contributed by atoms with Crippen molar-refractivity contribution in [2.75, 3.05) is 20.0 Å². The van der Waals surface area contributed by atoms with E-state index >= 15 is 0 Å². The fourth-order valence-electron chi connectivity index (χ4n) is 0.582. The Morgan fingerprint density at radius 3 is 2.33 bits per heavy atom. The van der Waals surface area contributed by atoms with Gasteiger partial charge in [-0.25, -0.2) is 0 Å². The number of hydrogen-bond acceptors (Lipinski definition) is 2. The molecular formula is C6H15ClN2O2S. The van der Waals surface area contributed by atoms with Gasteiger partial charge in [-0.15, -0.1) is 11.6 Å². The Labute approximate surface area is 79.1 Å². The number of nitrogens with zero attached hydrogens (tertiary/aromatic N) is 1. The SMILES string of the molecule is CC(CCCl)NS(=O)(=O)N(C)C. The minimum absolute atomic E-state index is 0.116. The summed E-state index contributed by atoms with van der Waals surface area (Å²) in [5.74, 6) is 0.455. The molecule has 0 aromatic heterocycles. The molecule has 74 valence electrons. The van der Waals surface area contributed by atoms with Crippen LogP contribution in [-0.4, -0.2) is 38.7 Å². The molecule has 0 aliphatic heterocycles. The van der Waals surface area contributed by atoms with Gasteiger partial charge >= 0.3 is 0 Å². The van der Waals surface area contributed by atoms with Crippen LogP contribution in [0.15, 0.2) is 0 Å². The molecule has 0 aromatic carbocycles. The van der Waals surface area contributed by atoms with Gasteiger partial charge in [0, 0.05) is 26.0 Å². The maximum Gasteiger partial charge on any atom is 0.279 e. The third-order valence-electron chi connectivity index (χ3n) is 1.37. The molecule has 0 radical (unpaired) electrons. The van der Waals surface area contributed by atoms with Crippen molar-refractivity contribution in [3.05, 3.63) is 0 Å². The lowest BCUT2D eigenvalue weighted by atomic mass is 10.3. The third kappa shape index (κ3) is 4.25. The fourth-order valence-corrected chi connectivity index (χ4v) is 1.75. The first-order valence-electron chi connectivity index (χ1n) is 3.66. The van der Waals surface area contributed by atoms with E-state index in [9.17, 15) is 8.42 Å². The number of halogens is 1. The molecule has 0 bridgehead atoms. The summed E-state index contributed by atoms with van der Waals surface area (Å²) in [6, 6.07) is -0.116. The molecule has 4 nitrogen and oxygen atoms in total. The van der Waals surface area contributed by atoms with Crippen molar-refractivity contribution >= 4 is 21.8 Å². The summed E-state index contributed by atoms with van der Waals surface area (Å²) in [6.45, 7) is 1.78. The van der Waals surface area contributed by atoms with Crippen LogP contribution in [0.1, 0.15) is 13.3 Å². The van der Waals surface area contributed by atoms with Crippen molar-refractivity contribution in [2.24, 2.45) is 0 Å². The predicted molar refractivity (Wildman–Crippen MR) is 50.5 cm³/mol. The van der Waals surface area contributed by atoms with Gasteiger partial charge < -0.3 is 0 Å². The lowest BCUT2D eigenvalue weighted by molar-refractivity contribution is 0.489. The van der Waals surface area contributed by atoms with Crippen LogP contribution in [0.4, 0.5) is 0 Å². The van der Waals surface area contributed by atoms with E-state index in [-0.39, 0.29) is 6.04 Å². The average molecular weight is 215 g/mol. The van der Waals surface area contributed by atoms with Gasteiger partial charge in [0.1, 0.15) is 0 Å². The number of alkyl halides is 1. The Balaban J connectivity index is 4.07. The van der Waals surface area contributed by atoms with Gasteiger partial charge in [-0.05, 0) is 13.3 Å². The zero-order chi connectivity index (χ0) is 9.78. The summed E-state index contributed by atoms with van der Waals surface area (Å²) in [6.07, 6.45) is 0.634. The number of nitrogens with one attached hydrogen (secondary N) is 1. The van der Waals surface area contributed by atoms with E-state index in [0.717, 1.165) is 4.31 Å². The molecule has 0 aliphatic rings.